The fraction of sp³-hybridized carbons (Fsp3) is 0.167. The van der Waals surface area contributed by atoms with Gasteiger partial charge in [-0.05, 0) is 18.2 Å². The SMILES string of the molecule is COc1cccc(-c2nc(C#N)c(OC)o2)c1. The first-order valence-electron chi connectivity index (χ1n) is 4.88. The van der Waals surface area contributed by atoms with Crippen molar-refractivity contribution in [1.82, 2.24) is 4.98 Å². The molecule has 5 heteroatoms. The molecule has 1 aromatic carbocycles. The molecule has 0 atom stereocenters. The fourth-order valence-electron chi connectivity index (χ4n) is 1.39. The van der Waals surface area contributed by atoms with Crippen molar-refractivity contribution >= 4 is 0 Å². The van der Waals surface area contributed by atoms with Gasteiger partial charge in [0.25, 0.3) is 0 Å². The Morgan fingerprint density at radius 2 is 2.12 bits per heavy atom. The Hall–Kier alpha value is -2.48. The molecule has 0 aliphatic carbocycles. The van der Waals surface area contributed by atoms with E-state index < -0.39 is 0 Å². The topological polar surface area (TPSA) is 68.3 Å². The summed E-state index contributed by atoms with van der Waals surface area (Å²) in [5.41, 5.74) is 0.856. The van der Waals surface area contributed by atoms with Gasteiger partial charge in [0.1, 0.15) is 11.8 Å². The highest BCUT2D eigenvalue weighted by Crippen LogP contribution is 2.28. The van der Waals surface area contributed by atoms with Gasteiger partial charge < -0.3 is 13.9 Å². The van der Waals surface area contributed by atoms with E-state index in [-0.39, 0.29) is 11.6 Å². The molecule has 1 heterocycles. The summed E-state index contributed by atoms with van der Waals surface area (Å²) in [7, 11) is 3.01. The summed E-state index contributed by atoms with van der Waals surface area (Å²) >= 11 is 0. The monoisotopic (exact) mass is 230 g/mol. The predicted molar refractivity (Wildman–Crippen MR) is 59.8 cm³/mol. The zero-order valence-corrected chi connectivity index (χ0v) is 9.43. The number of aromatic nitrogens is 1. The van der Waals surface area contributed by atoms with Crippen molar-refractivity contribution in [3.05, 3.63) is 30.0 Å². The third kappa shape index (κ3) is 2.06. The zero-order valence-electron chi connectivity index (χ0n) is 9.43. The van der Waals surface area contributed by atoms with Gasteiger partial charge in [-0.15, -0.1) is 0 Å². The average Bonchev–Trinajstić information content (AvgIpc) is 2.82. The van der Waals surface area contributed by atoms with E-state index in [9.17, 15) is 0 Å². The molecule has 1 aromatic heterocycles. The molecule has 0 radical (unpaired) electrons. The lowest BCUT2D eigenvalue weighted by molar-refractivity contribution is 0.307. The first-order valence-corrected chi connectivity index (χ1v) is 4.88. The molecule has 17 heavy (non-hydrogen) atoms. The number of oxazole rings is 1. The fourth-order valence-corrected chi connectivity index (χ4v) is 1.39. The van der Waals surface area contributed by atoms with Gasteiger partial charge in [-0.3, -0.25) is 0 Å². The summed E-state index contributed by atoms with van der Waals surface area (Å²) < 4.78 is 15.3. The number of nitrogens with zero attached hydrogens (tertiary/aromatic N) is 2. The van der Waals surface area contributed by atoms with E-state index in [0.717, 1.165) is 5.56 Å². The molecule has 2 aromatic rings. The van der Waals surface area contributed by atoms with Crippen LogP contribution in [-0.2, 0) is 0 Å². The molecule has 5 nitrogen and oxygen atoms in total. The maximum Gasteiger partial charge on any atom is 0.324 e. The van der Waals surface area contributed by atoms with E-state index >= 15 is 0 Å². The number of nitriles is 1. The summed E-state index contributed by atoms with van der Waals surface area (Å²) in [5, 5.41) is 8.83. The van der Waals surface area contributed by atoms with Crippen LogP contribution >= 0.6 is 0 Å². The van der Waals surface area contributed by atoms with Crippen LogP contribution in [0.2, 0.25) is 0 Å². The van der Waals surface area contributed by atoms with Crippen LogP contribution in [-0.4, -0.2) is 19.2 Å². The van der Waals surface area contributed by atoms with Gasteiger partial charge in [-0.1, -0.05) is 6.07 Å². The number of rotatable bonds is 3. The van der Waals surface area contributed by atoms with E-state index in [0.29, 0.717) is 11.6 Å². The number of hydrogen-bond donors (Lipinski definition) is 0. The Morgan fingerprint density at radius 3 is 2.71 bits per heavy atom. The van der Waals surface area contributed by atoms with Crippen LogP contribution in [0, 0.1) is 11.3 Å². The van der Waals surface area contributed by atoms with Crippen molar-refractivity contribution in [2.45, 2.75) is 0 Å². The Kier molecular flexibility index (Phi) is 2.97. The number of ether oxygens (including phenoxy) is 2. The highest BCUT2D eigenvalue weighted by Gasteiger charge is 2.15. The van der Waals surface area contributed by atoms with E-state index in [2.05, 4.69) is 4.98 Å². The van der Waals surface area contributed by atoms with Gasteiger partial charge in [-0.2, -0.15) is 10.2 Å². The zero-order chi connectivity index (χ0) is 12.3. The summed E-state index contributed by atoms with van der Waals surface area (Å²) in [6, 6.07) is 9.12. The molecule has 0 N–H and O–H groups in total. The molecule has 2 rings (SSSR count). The third-order valence-electron chi connectivity index (χ3n) is 2.20. The lowest BCUT2D eigenvalue weighted by atomic mass is 10.2. The molecule has 0 aliphatic rings. The van der Waals surface area contributed by atoms with Gasteiger partial charge in [-0.25, -0.2) is 0 Å². The van der Waals surface area contributed by atoms with E-state index in [1.807, 2.05) is 24.3 Å². The van der Waals surface area contributed by atoms with Crippen molar-refractivity contribution in [1.29, 1.82) is 5.26 Å². The first-order chi connectivity index (χ1) is 8.28. The van der Waals surface area contributed by atoms with Gasteiger partial charge in [0.05, 0.1) is 14.2 Å². The average molecular weight is 230 g/mol. The third-order valence-corrected chi connectivity index (χ3v) is 2.20. The molecule has 0 bridgehead atoms. The van der Waals surface area contributed by atoms with E-state index in [1.54, 1.807) is 13.2 Å². The lowest BCUT2D eigenvalue weighted by Crippen LogP contribution is -1.84. The molecule has 0 aliphatic heterocycles. The summed E-state index contributed by atoms with van der Waals surface area (Å²) in [5.74, 6) is 1.14. The Morgan fingerprint density at radius 1 is 1.29 bits per heavy atom. The minimum absolute atomic E-state index is 0.116. The maximum absolute atomic E-state index is 8.83. The quantitative estimate of drug-likeness (QED) is 0.808. The number of hydrogen-bond acceptors (Lipinski definition) is 5. The predicted octanol–water partition coefficient (Wildman–Crippen LogP) is 2.23. The summed E-state index contributed by atoms with van der Waals surface area (Å²) in [6.07, 6.45) is 0. The normalized spacial score (nSPS) is 9.71. The summed E-state index contributed by atoms with van der Waals surface area (Å²) in [6.45, 7) is 0. The number of methoxy groups -OCH3 is 2. The van der Waals surface area contributed by atoms with Crippen LogP contribution in [0.15, 0.2) is 28.7 Å². The number of benzene rings is 1. The second kappa shape index (κ2) is 4.58. The van der Waals surface area contributed by atoms with Gasteiger partial charge in [0, 0.05) is 5.56 Å². The highest BCUT2D eigenvalue weighted by molar-refractivity contribution is 5.57. The lowest BCUT2D eigenvalue weighted by Gasteiger charge is -2.00. The van der Waals surface area contributed by atoms with Crippen LogP contribution in [0.4, 0.5) is 0 Å². The minimum atomic E-state index is 0.116. The Bertz CT molecular complexity index is 569. The van der Waals surface area contributed by atoms with Crippen molar-refractivity contribution in [3.63, 3.8) is 0 Å². The molecule has 0 amide bonds. The van der Waals surface area contributed by atoms with Gasteiger partial charge in [0.15, 0.2) is 0 Å². The van der Waals surface area contributed by atoms with E-state index in [1.165, 1.54) is 7.11 Å². The molecule has 0 saturated carbocycles. The highest BCUT2D eigenvalue weighted by atomic mass is 16.6. The van der Waals surface area contributed by atoms with E-state index in [4.69, 9.17) is 19.2 Å². The largest absolute Gasteiger partial charge is 0.497 e. The minimum Gasteiger partial charge on any atom is -0.497 e. The molecule has 0 fully saturated rings. The Balaban J connectivity index is 2.46. The second-order valence-corrected chi connectivity index (χ2v) is 3.20. The van der Waals surface area contributed by atoms with Crippen molar-refractivity contribution in [2.24, 2.45) is 0 Å². The molecular weight excluding hydrogens is 220 g/mol. The Labute approximate surface area is 98.2 Å². The van der Waals surface area contributed by atoms with Crippen LogP contribution in [0.25, 0.3) is 11.5 Å². The van der Waals surface area contributed by atoms with Gasteiger partial charge in [0.2, 0.25) is 11.6 Å². The molecule has 0 unspecified atom stereocenters. The second-order valence-electron chi connectivity index (χ2n) is 3.20. The smallest absolute Gasteiger partial charge is 0.324 e. The first kappa shape index (κ1) is 11.0. The van der Waals surface area contributed by atoms with Crippen LogP contribution < -0.4 is 9.47 Å². The van der Waals surface area contributed by atoms with Crippen molar-refractivity contribution < 1.29 is 13.9 Å². The molecule has 0 saturated heterocycles. The molecule has 0 spiro atoms. The van der Waals surface area contributed by atoms with Gasteiger partial charge >= 0.3 is 5.95 Å². The van der Waals surface area contributed by atoms with Crippen LogP contribution in [0.1, 0.15) is 5.69 Å². The van der Waals surface area contributed by atoms with Crippen molar-refractivity contribution in [3.8, 4) is 29.2 Å². The molecule has 86 valence electrons. The van der Waals surface area contributed by atoms with Crippen molar-refractivity contribution in [2.75, 3.05) is 14.2 Å². The molecular formula is C12H10N2O3. The van der Waals surface area contributed by atoms with Crippen LogP contribution in [0.5, 0.6) is 11.7 Å². The maximum atomic E-state index is 8.83. The van der Waals surface area contributed by atoms with Crippen LogP contribution in [0.3, 0.4) is 0 Å². The summed E-state index contributed by atoms with van der Waals surface area (Å²) in [4.78, 5) is 4.04. The standard InChI is InChI=1S/C12H10N2O3/c1-15-9-5-3-4-8(6-9)11-14-10(7-13)12(16-2)17-11/h3-6H,1-2H3.